The second-order valence-electron chi connectivity index (χ2n) is 10.2. The summed E-state index contributed by atoms with van der Waals surface area (Å²) in [7, 11) is 0. The molecule has 5 nitrogen and oxygen atoms in total. The minimum Gasteiger partial charge on any atom is -0.349 e. The van der Waals surface area contributed by atoms with Gasteiger partial charge in [-0.2, -0.15) is 0 Å². The number of nitrogens with one attached hydrogen (secondary N) is 1. The zero-order valence-electron chi connectivity index (χ0n) is 19.4. The average molecular weight is 488 g/mol. The number of alkyl halides is 2. The van der Waals surface area contributed by atoms with Crippen molar-refractivity contribution in [2.24, 2.45) is 17.8 Å². The highest BCUT2D eigenvalue weighted by molar-refractivity contribution is 7.09. The summed E-state index contributed by atoms with van der Waals surface area (Å²) in [5.74, 6) is -1.74. The van der Waals surface area contributed by atoms with Gasteiger partial charge >= 0.3 is 0 Å². The molecule has 5 rings (SSSR count). The summed E-state index contributed by atoms with van der Waals surface area (Å²) in [6.45, 7) is 2.74. The molecule has 0 radical (unpaired) electrons. The number of carbonyl (C=O) groups is 2. The van der Waals surface area contributed by atoms with Gasteiger partial charge in [-0.3, -0.25) is 14.5 Å². The Balaban J connectivity index is 1.03. The van der Waals surface area contributed by atoms with E-state index in [9.17, 15) is 18.4 Å². The number of halogens is 2. The molecule has 3 atom stereocenters. The molecule has 1 unspecified atom stereocenters. The Labute approximate surface area is 202 Å². The summed E-state index contributed by atoms with van der Waals surface area (Å²) in [6, 6.07) is 6.54. The number of fused-ring (bicyclic) bond motifs is 1. The molecule has 3 aliphatic rings. The van der Waals surface area contributed by atoms with Crippen LogP contribution in [0.1, 0.15) is 54.7 Å². The van der Waals surface area contributed by atoms with Gasteiger partial charge in [-0.05, 0) is 49.1 Å². The van der Waals surface area contributed by atoms with Crippen LogP contribution >= 0.6 is 11.3 Å². The fourth-order valence-corrected chi connectivity index (χ4v) is 6.73. The van der Waals surface area contributed by atoms with Crippen LogP contribution in [-0.2, 0) is 21.9 Å². The third-order valence-electron chi connectivity index (χ3n) is 7.83. The van der Waals surface area contributed by atoms with E-state index in [4.69, 9.17) is 0 Å². The Bertz CT molecular complexity index is 1020. The lowest BCUT2D eigenvalue weighted by molar-refractivity contribution is -0.126. The molecule has 1 aromatic carbocycles. The third-order valence-corrected chi connectivity index (χ3v) is 8.77. The Morgan fingerprint density at radius 2 is 1.91 bits per heavy atom. The number of benzene rings is 1. The van der Waals surface area contributed by atoms with Crippen LogP contribution in [0.2, 0.25) is 0 Å². The van der Waals surface area contributed by atoms with Crippen LogP contribution in [0, 0.1) is 17.8 Å². The van der Waals surface area contributed by atoms with Crippen LogP contribution in [0.15, 0.2) is 35.8 Å². The van der Waals surface area contributed by atoms with Gasteiger partial charge in [0.15, 0.2) is 5.78 Å². The molecule has 3 fully saturated rings. The first-order valence-corrected chi connectivity index (χ1v) is 13.1. The van der Waals surface area contributed by atoms with Crippen molar-refractivity contribution in [1.29, 1.82) is 0 Å². The number of thiazole rings is 1. The minimum atomic E-state index is -2.94. The highest BCUT2D eigenvalue weighted by Crippen LogP contribution is 2.53. The van der Waals surface area contributed by atoms with Gasteiger partial charge in [0.1, 0.15) is 0 Å². The lowest BCUT2D eigenvalue weighted by Crippen LogP contribution is -2.40. The Kier molecular flexibility index (Phi) is 6.55. The second kappa shape index (κ2) is 9.46. The zero-order valence-corrected chi connectivity index (χ0v) is 20.2. The molecule has 182 valence electrons. The number of aromatic nitrogens is 1. The number of nitrogens with zero attached hydrogens (tertiary/aromatic N) is 2. The smallest absolute Gasteiger partial charge is 0.270 e. The summed E-state index contributed by atoms with van der Waals surface area (Å²) in [4.78, 5) is 32.0. The summed E-state index contributed by atoms with van der Waals surface area (Å²) in [5, 5.41) is 6.12. The third kappa shape index (κ3) is 5.08. The lowest BCUT2D eigenvalue weighted by atomic mass is 9.85. The molecule has 1 saturated heterocycles. The minimum absolute atomic E-state index is 0.0119. The maximum atomic E-state index is 13.5. The van der Waals surface area contributed by atoms with Crippen molar-refractivity contribution in [3.63, 3.8) is 0 Å². The fourth-order valence-electron chi connectivity index (χ4n) is 5.92. The van der Waals surface area contributed by atoms with E-state index in [1.807, 2.05) is 6.20 Å². The molecule has 0 spiro atoms. The van der Waals surface area contributed by atoms with Crippen LogP contribution in [0.3, 0.4) is 0 Å². The predicted molar refractivity (Wildman–Crippen MR) is 127 cm³/mol. The van der Waals surface area contributed by atoms with Crippen LogP contribution in [0.4, 0.5) is 8.78 Å². The van der Waals surface area contributed by atoms with Crippen molar-refractivity contribution in [2.75, 3.05) is 19.6 Å². The number of hydrogen-bond acceptors (Lipinski definition) is 5. The molecule has 2 aromatic rings. The normalized spacial score (nSPS) is 29.0. The van der Waals surface area contributed by atoms with Crippen molar-refractivity contribution in [3.8, 4) is 0 Å². The molecule has 1 N–H and O–H groups in total. The van der Waals surface area contributed by atoms with Gasteiger partial charge in [0, 0.05) is 61.5 Å². The molecule has 1 amide bonds. The van der Waals surface area contributed by atoms with E-state index in [1.165, 1.54) is 48.9 Å². The zero-order chi connectivity index (χ0) is 23.9. The van der Waals surface area contributed by atoms with Crippen LogP contribution in [-0.4, -0.2) is 47.3 Å². The van der Waals surface area contributed by atoms with Crippen molar-refractivity contribution >= 4 is 23.0 Å². The maximum absolute atomic E-state index is 13.5. The standard InChI is InChI=1S/C26H31F2N3O2S/c1-26(27,28)18-4-2-3-16(11-18)12-20(32)13-30-24(33)23-21-14-31(15-22(21)23)19-7-5-17(6-8-19)25-29-9-10-34-25/h2-4,9-11,17,19,21-23H,5-8,12-15H2,1H3,(H,30,33)/t17?,19?,21-,22+,23?. The molecule has 1 aliphatic heterocycles. The highest BCUT2D eigenvalue weighted by Gasteiger charge is 2.60. The van der Waals surface area contributed by atoms with Gasteiger partial charge < -0.3 is 5.32 Å². The van der Waals surface area contributed by atoms with E-state index in [1.54, 1.807) is 17.4 Å². The number of amides is 1. The Morgan fingerprint density at radius 3 is 2.56 bits per heavy atom. The number of ketones is 1. The number of likely N-dealkylation sites (tertiary alicyclic amines) is 1. The summed E-state index contributed by atoms with van der Waals surface area (Å²) in [5.41, 5.74) is 0.440. The van der Waals surface area contributed by atoms with Gasteiger partial charge in [0.05, 0.1) is 11.6 Å². The SMILES string of the molecule is CC(F)(F)c1cccc(CC(=O)CNC(=O)C2[C@H]3CN(C4CCC(c5nccs5)CC4)C[C@@H]23)c1. The van der Waals surface area contributed by atoms with E-state index in [0.717, 1.165) is 20.0 Å². The maximum Gasteiger partial charge on any atom is 0.270 e. The van der Waals surface area contributed by atoms with E-state index in [2.05, 4.69) is 20.6 Å². The van der Waals surface area contributed by atoms with Crippen molar-refractivity contribution in [3.05, 3.63) is 52.0 Å². The molecule has 2 saturated carbocycles. The number of carbonyl (C=O) groups excluding carboxylic acids is 2. The first-order valence-electron chi connectivity index (χ1n) is 12.2. The number of piperidine rings is 1. The summed E-state index contributed by atoms with van der Waals surface area (Å²) < 4.78 is 27.0. The lowest BCUT2D eigenvalue weighted by Gasteiger charge is -2.35. The molecule has 2 aliphatic carbocycles. The van der Waals surface area contributed by atoms with Crippen molar-refractivity contribution in [1.82, 2.24) is 15.2 Å². The molecule has 8 heteroatoms. The predicted octanol–water partition coefficient (Wildman–Crippen LogP) is 4.39. The molecule has 34 heavy (non-hydrogen) atoms. The molecule has 2 heterocycles. The van der Waals surface area contributed by atoms with Crippen LogP contribution < -0.4 is 5.32 Å². The van der Waals surface area contributed by atoms with E-state index >= 15 is 0 Å². The van der Waals surface area contributed by atoms with Gasteiger partial charge in [-0.25, -0.2) is 13.8 Å². The molecular weight excluding hydrogens is 456 g/mol. The van der Waals surface area contributed by atoms with Gasteiger partial charge in [-0.15, -0.1) is 11.3 Å². The van der Waals surface area contributed by atoms with Gasteiger partial charge in [-0.1, -0.05) is 18.2 Å². The first-order chi connectivity index (χ1) is 16.3. The first kappa shape index (κ1) is 23.5. The number of hydrogen-bond donors (Lipinski definition) is 1. The fraction of sp³-hybridized carbons (Fsp3) is 0.577. The average Bonchev–Trinajstić information content (AvgIpc) is 3.17. The number of rotatable bonds is 8. The van der Waals surface area contributed by atoms with Crippen LogP contribution in [0.25, 0.3) is 0 Å². The van der Waals surface area contributed by atoms with Gasteiger partial charge in [0.2, 0.25) is 5.91 Å². The van der Waals surface area contributed by atoms with Crippen molar-refractivity contribution < 1.29 is 18.4 Å². The quantitative estimate of drug-likeness (QED) is 0.600. The summed E-state index contributed by atoms with van der Waals surface area (Å²) in [6.07, 6.45) is 6.70. The monoisotopic (exact) mass is 487 g/mol. The van der Waals surface area contributed by atoms with Crippen LogP contribution in [0.5, 0.6) is 0 Å². The van der Waals surface area contributed by atoms with E-state index in [-0.39, 0.29) is 36.1 Å². The topological polar surface area (TPSA) is 62.3 Å². The van der Waals surface area contributed by atoms with E-state index in [0.29, 0.717) is 29.4 Å². The summed E-state index contributed by atoms with van der Waals surface area (Å²) >= 11 is 1.76. The Hall–Kier alpha value is -2.19. The number of Topliss-reactive ketones (excluding diaryl/α,β-unsaturated/α-hetero) is 1. The van der Waals surface area contributed by atoms with Gasteiger partial charge in [0.25, 0.3) is 5.92 Å². The molecule has 1 aromatic heterocycles. The molecule has 0 bridgehead atoms. The Morgan fingerprint density at radius 1 is 1.18 bits per heavy atom. The highest BCUT2D eigenvalue weighted by atomic mass is 32.1. The van der Waals surface area contributed by atoms with Crippen molar-refractivity contribution in [2.45, 2.75) is 56.9 Å². The second-order valence-corrected chi connectivity index (χ2v) is 11.1. The molecular formula is C26H31F2N3O2S. The van der Waals surface area contributed by atoms with E-state index < -0.39 is 5.92 Å². The largest absolute Gasteiger partial charge is 0.349 e.